The van der Waals surface area contributed by atoms with E-state index in [0.29, 0.717) is 29.6 Å². The Morgan fingerprint density at radius 1 is 1.19 bits per heavy atom. The van der Waals surface area contributed by atoms with Crippen molar-refractivity contribution in [1.29, 1.82) is 0 Å². The van der Waals surface area contributed by atoms with E-state index >= 15 is 0 Å². The number of benzene rings is 1. The topological polar surface area (TPSA) is 94.4 Å². The van der Waals surface area contributed by atoms with Gasteiger partial charge in [0.2, 0.25) is 12.7 Å². The fourth-order valence-electron chi connectivity index (χ4n) is 4.04. The number of amides is 1. The molecule has 5 rings (SSSR count). The second-order valence-electron chi connectivity index (χ2n) is 7.76. The first-order valence-corrected chi connectivity index (χ1v) is 10.5. The summed E-state index contributed by atoms with van der Waals surface area (Å²) in [5, 5.41) is 3.08. The highest BCUT2D eigenvalue weighted by Gasteiger charge is 2.25. The molecule has 9 nitrogen and oxygen atoms in total. The molecule has 2 aliphatic heterocycles. The Morgan fingerprint density at radius 3 is 2.97 bits per heavy atom. The van der Waals surface area contributed by atoms with E-state index in [4.69, 9.17) is 14.5 Å². The molecule has 1 aromatic carbocycles. The maximum atomic E-state index is 12.7. The molecular weight excluding hydrogens is 396 g/mol. The van der Waals surface area contributed by atoms with Gasteiger partial charge >= 0.3 is 0 Å². The average molecular weight is 420 g/mol. The molecule has 1 N–H and O–H groups in total. The highest BCUT2D eigenvalue weighted by molar-refractivity contribution is 5.95. The first kappa shape index (κ1) is 19.3. The van der Waals surface area contributed by atoms with Crippen molar-refractivity contribution in [3.8, 4) is 17.4 Å². The van der Waals surface area contributed by atoms with Crippen LogP contribution in [-0.4, -0.2) is 51.4 Å². The van der Waals surface area contributed by atoms with Crippen LogP contribution in [0.4, 0.5) is 5.82 Å². The molecule has 0 saturated carbocycles. The van der Waals surface area contributed by atoms with Crippen molar-refractivity contribution in [2.75, 3.05) is 24.8 Å². The Labute approximate surface area is 180 Å². The van der Waals surface area contributed by atoms with Crippen LogP contribution in [0.3, 0.4) is 0 Å². The van der Waals surface area contributed by atoms with Crippen molar-refractivity contribution in [3.63, 3.8) is 0 Å². The van der Waals surface area contributed by atoms with Gasteiger partial charge in [-0.15, -0.1) is 0 Å². The number of fused-ring (bicyclic) bond motifs is 1. The van der Waals surface area contributed by atoms with Crippen LogP contribution in [0.2, 0.25) is 0 Å². The zero-order valence-corrected chi connectivity index (χ0v) is 17.3. The fraction of sp³-hybridized carbons (Fsp3) is 0.364. The van der Waals surface area contributed by atoms with Crippen molar-refractivity contribution in [2.24, 2.45) is 0 Å². The zero-order valence-electron chi connectivity index (χ0n) is 17.3. The van der Waals surface area contributed by atoms with Crippen LogP contribution in [-0.2, 0) is 0 Å². The van der Waals surface area contributed by atoms with Crippen LogP contribution < -0.4 is 19.7 Å². The lowest BCUT2D eigenvalue weighted by Crippen LogP contribution is -2.47. The molecule has 160 valence electrons. The number of carbonyl (C=O) groups is 1. The SMILES string of the molecule is Cc1cc(N2CCCCC2CNC(=O)c2ccc3c(c2)OCO3)nc(-n2ccnc2)n1. The molecule has 9 heteroatoms. The molecule has 4 heterocycles. The van der Waals surface area contributed by atoms with Crippen molar-refractivity contribution < 1.29 is 14.3 Å². The smallest absolute Gasteiger partial charge is 0.251 e. The maximum Gasteiger partial charge on any atom is 0.251 e. The third kappa shape index (κ3) is 4.03. The Balaban J connectivity index is 1.31. The number of piperidine rings is 1. The lowest BCUT2D eigenvalue weighted by atomic mass is 10.0. The molecule has 2 aromatic heterocycles. The molecule has 1 atom stereocenters. The summed E-state index contributed by atoms with van der Waals surface area (Å²) in [5.74, 6) is 2.62. The molecule has 3 aromatic rings. The number of carbonyl (C=O) groups excluding carboxylic acids is 1. The molecule has 2 aliphatic rings. The predicted octanol–water partition coefficient (Wildman–Crippen LogP) is 2.49. The lowest BCUT2D eigenvalue weighted by molar-refractivity contribution is 0.0949. The third-order valence-corrected chi connectivity index (χ3v) is 5.62. The largest absolute Gasteiger partial charge is 0.454 e. The van der Waals surface area contributed by atoms with Crippen LogP contribution in [0.25, 0.3) is 5.95 Å². The Morgan fingerprint density at radius 2 is 2.10 bits per heavy atom. The molecular formula is C22H24N6O3. The zero-order chi connectivity index (χ0) is 21.2. The maximum absolute atomic E-state index is 12.7. The second kappa shape index (κ2) is 8.25. The van der Waals surface area contributed by atoms with Gasteiger partial charge < -0.3 is 19.7 Å². The van der Waals surface area contributed by atoms with Crippen molar-refractivity contribution in [3.05, 3.63) is 54.2 Å². The number of hydrogen-bond donors (Lipinski definition) is 1. The standard InChI is InChI=1S/C22H24N6O3/c1-15-10-20(26-22(25-15)27-9-7-23-13-27)28-8-3-2-4-17(28)12-24-21(29)16-5-6-18-19(11-16)31-14-30-18/h5-7,9-11,13,17H,2-4,8,12,14H2,1H3,(H,24,29). The number of aryl methyl sites for hydroxylation is 1. The summed E-state index contributed by atoms with van der Waals surface area (Å²) in [4.78, 5) is 28.4. The van der Waals surface area contributed by atoms with E-state index in [0.717, 1.165) is 37.3 Å². The van der Waals surface area contributed by atoms with E-state index < -0.39 is 0 Å². The van der Waals surface area contributed by atoms with Crippen LogP contribution in [0.5, 0.6) is 11.5 Å². The highest BCUT2D eigenvalue weighted by atomic mass is 16.7. The van der Waals surface area contributed by atoms with Gasteiger partial charge in [0.1, 0.15) is 12.1 Å². The third-order valence-electron chi connectivity index (χ3n) is 5.62. The normalized spacial score (nSPS) is 17.6. The highest BCUT2D eigenvalue weighted by Crippen LogP contribution is 2.32. The van der Waals surface area contributed by atoms with E-state index in [1.165, 1.54) is 0 Å². The number of rotatable bonds is 5. The molecule has 0 spiro atoms. The van der Waals surface area contributed by atoms with Gasteiger partial charge in [0.05, 0.1) is 0 Å². The Bertz CT molecular complexity index is 1080. The minimum absolute atomic E-state index is 0.123. The molecule has 1 fully saturated rings. The summed E-state index contributed by atoms with van der Waals surface area (Å²) in [6, 6.07) is 7.41. The van der Waals surface area contributed by atoms with Gasteiger partial charge in [-0.3, -0.25) is 9.36 Å². The van der Waals surface area contributed by atoms with Crippen molar-refractivity contribution in [2.45, 2.75) is 32.2 Å². The summed E-state index contributed by atoms with van der Waals surface area (Å²) in [7, 11) is 0. The van der Waals surface area contributed by atoms with Gasteiger partial charge in [-0.25, -0.2) is 9.97 Å². The molecule has 1 amide bonds. The van der Waals surface area contributed by atoms with Gasteiger partial charge in [0, 0.05) is 48.8 Å². The van der Waals surface area contributed by atoms with Crippen LogP contribution in [0.15, 0.2) is 43.0 Å². The first-order chi connectivity index (χ1) is 15.2. The number of nitrogens with one attached hydrogen (secondary N) is 1. The number of anilines is 1. The van der Waals surface area contributed by atoms with E-state index in [1.807, 2.05) is 19.2 Å². The van der Waals surface area contributed by atoms with Gasteiger partial charge in [0.15, 0.2) is 11.5 Å². The minimum Gasteiger partial charge on any atom is -0.454 e. The Hall–Kier alpha value is -3.62. The minimum atomic E-state index is -0.123. The summed E-state index contributed by atoms with van der Waals surface area (Å²) < 4.78 is 12.5. The summed E-state index contributed by atoms with van der Waals surface area (Å²) in [5.41, 5.74) is 1.45. The van der Waals surface area contributed by atoms with Gasteiger partial charge in [-0.05, 0) is 44.4 Å². The Kier molecular flexibility index (Phi) is 5.15. The molecule has 0 radical (unpaired) electrons. The van der Waals surface area contributed by atoms with Gasteiger partial charge in [-0.2, -0.15) is 4.98 Å². The number of imidazole rings is 1. The lowest BCUT2D eigenvalue weighted by Gasteiger charge is -2.37. The first-order valence-electron chi connectivity index (χ1n) is 10.5. The summed E-state index contributed by atoms with van der Waals surface area (Å²) >= 11 is 0. The number of hydrogen-bond acceptors (Lipinski definition) is 7. The van der Waals surface area contributed by atoms with E-state index in [2.05, 4.69) is 20.2 Å². The fourth-order valence-corrected chi connectivity index (χ4v) is 4.04. The van der Waals surface area contributed by atoms with Crippen LogP contribution in [0.1, 0.15) is 35.3 Å². The average Bonchev–Trinajstić information content (AvgIpc) is 3.49. The number of ether oxygens (including phenoxy) is 2. The monoisotopic (exact) mass is 420 g/mol. The summed E-state index contributed by atoms with van der Waals surface area (Å²) in [6.07, 6.45) is 8.44. The predicted molar refractivity (Wildman–Crippen MR) is 114 cm³/mol. The molecule has 0 bridgehead atoms. The molecule has 1 saturated heterocycles. The molecule has 0 aliphatic carbocycles. The van der Waals surface area contributed by atoms with Crippen LogP contribution >= 0.6 is 0 Å². The van der Waals surface area contributed by atoms with E-state index in [-0.39, 0.29) is 18.7 Å². The second-order valence-corrected chi connectivity index (χ2v) is 7.76. The van der Waals surface area contributed by atoms with Gasteiger partial charge in [-0.1, -0.05) is 0 Å². The quantitative estimate of drug-likeness (QED) is 0.678. The summed E-state index contributed by atoms with van der Waals surface area (Å²) in [6.45, 7) is 3.59. The number of nitrogens with zero attached hydrogens (tertiary/aromatic N) is 5. The number of aromatic nitrogens is 4. The van der Waals surface area contributed by atoms with Gasteiger partial charge in [0.25, 0.3) is 5.91 Å². The molecule has 1 unspecified atom stereocenters. The van der Waals surface area contributed by atoms with Crippen molar-refractivity contribution in [1.82, 2.24) is 24.8 Å². The van der Waals surface area contributed by atoms with E-state index in [9.17, 15) is 4.79 Å². The van der Waals surface area contributed by atoms with Crippen LogP contribution in [0, 0.1) is 6.92 Å². The molecule has 31 heavy (non-hydrogen) atoms. The van der Waals surface area contributed by atoms with E-state index in [1.54, 1.807) is 35.3 Å². The van der Waals surface area contributed by atoms with Crippen molar-refractivity contribution >= 4 is 11.7 Å².